The van der Waals surface area contributed by atoms with Gasteiger partial charge in [-0.1, -0.05) is 40.5 Å². The lowest BCUT2D eigenvalue weighted by molar-refractivity contribution is -0.118. The van der Waals surface area contributed by atoms with Crippen LogP contribution in [-0.2, 0) is 11.2 Å². The van der Waals surface area contributed by atoms with Gasteiger partial charge in [0.05, 0.1) is 17.1 Å². The van der Waals surface area contributed by atoms with Gasteiger partial charge in [0.2, 0.25) is 0 Å². The Balaban J connectivity index is 1.59. The van der Waals surface area contributed by atoms with Crippen LogP contribution in [0.3, 0.4) is 0 Å². The standard InChI is InChI=1S/C25H19BrClFN4O3/c1-2-23-31-21-8-6-16(26)11-20(21)25(34)32(23)29-13-15-10-17(27)7-9-22(15)35-14-24(33)30-19-5-3-4-18(28)12-19/h3-13H,2,14H2,1H3,(H,30,33). The van der Waals surface area contributed by atoms with Gasteiger partial charge in [-0.2, -0.15) is 9.78 Å². The third-order valence-electron chi connectivity index (χ3n) is 4.94. The van der Waals surface area contributed by atoms with E-state index in [0.29, 0.717) is 45.2 Å². The summed E-state index contributed by atoms with van der Waals surface area (Å²) in [5.74, 6) is -0.116. The van der Waals surface area contributed by atoms with Crippen LogP contribution < -0.4 is 15.6 Å². The molecular formula is C25H19BrClFN4O3. The number of anilines is 1. The number of nitrogens with one attached hydrogen (secondary N) is 1. The summed E-state index contributed by atoms with van der Waals surface area (Å²) in [5.41, 5.74) is 1.04. The lowest BCUT2D eigenvalue weighted by atomic mass is 10.2. The maximum absolute atomic E-state index is 13.3. The van der Waals surface area contributed by atoms with Crippen molar-refractivity contribution in [1.82, 2.24) is 9.66 Å². The highest BCUT2D eigenvalue weighted by Crippen LogP contribution is 2.22. The van der Waals surface area contributed by atoms with Crippen LogP contribution in [-0.4, -0.2) is 28.4 Å². The first kappa shape index (κ1) is 24.6. The molecule has 0 bridgehead atoms. The first-order valence-electron chi connectivity index (χ1n) is 10.6. The first-order chi connectivity index (χ1) is 16.8. The van der Waals surface area contributed by atoms with Crippen LogP contribution in [0.25, 0.3) is 10.9 Å². The van der Waals surface area contributed by atoms with Gasteiger partial charge in [0.15, 0.2) is 6.61 Å². The minimum atomic E-state index is -0.470. The SMILES string of the molecule is CCc1nc2ccc(Br)cc2c(=O)n1N=Cc1cc(Cl)ccc1OCC(=O)Nc1cccc(F)c1. The molecule has 1 amide bonds. The average molecular weight is 558 g/mol. The molecular weight excluding hydrogens is 539 g/mol. The van der Waals surface area contributed by atoms with Gasteiger partial charge < -0.3 is 10.1 Å². The first-order valence-corrected chi connectivity index (χ1v) is 11.7. The van der Waals surface area contributed by atoms with E-state index in [2.05, 4.69) is 31.3 Å². The average Bonchev–Trinajstić information content (AvgIpc) is 2.83. The second-order valence-electron chi connectivity index (χ2n) is 7.43. The highest BCUT2D eigenvalue weighted by atomic mass is 79.9. The number of halogens is 3. The zero-order chi connectivity index (χ0) is 24.9. The van der Waals surface area contributed by atoms with Crippen molar-refractivity contribution < 1.29 is 13.9 Å². The van der Waals surface area contributed by atoms with Gasteiger partial charge in [0.1, 0.15) is 17.4 Å². The van der Waals surface area contributed by atoms with Gasteiger partial charge in [-0.15, -0.1) is 0 Å². The lowest BCUT2D eigenvalue weighted by Gasteiger charge is -2.11. The number of nitrogens with zero attached hydrogens (tertiary/aromatic N) is 3. The molecule has 0 aliphatic heterocycles. The summed E-state index contributed by atoms with van der Waals surface area (Å²) in [6.45, 7) is 1.55. The van der Waals surface area contributed by atoms with Crippen LogP contribution >= 0.6 is 27.5 Å². The van der Waals surface area contributed by atoms with Crippen molar-refractivity contribution in [3.8, 4) is 5.75 Å². The van der Waals surface area contributed by atoms with Gasteiger partial charge in [0, 0.05) is 27.2 Å². The van der Waals surface area contributed by atoms with Gasteiger partial charge >= 0.3 is 0 Å². The molecule has 0 atom stereocenters. The molecule has 3 aromatic carbocycles. The topological polar surface area (TPSA) is 85.6 Å². The zero-order valence-electron chi connectivity index (χ0n) is 18.5. The molecule has 35 heavy (non-hydrogen) atoms. The fourth-order valence-corrected chi connectivity index (χ4v) is 3.86. The minimum absolute atomic E-state index is 0.316. The van der Waals surface area contributed by atoms with Crippen molar-refractivity contribution in [2.24, 2.45) is 5.10 Å². The van der Waals surface area contributed by atoms with Crippen LogP contribution in [0.15, 0.2) is 75.0 Å². The number of amides is 1. The summed E-state index contributed by atoms with van der Waals surface area (Å²) < 4.78 is 21.0. The number of hydrogen-bond acceptors (Lipinski definition) is 5. The molecule has 4 aromatic rings. The summed E-state index contributed by atoms with van der Waals surface area (Å²) in [6.07, 6.45) is 1.91. The van der Waals surface area contributed by atoms with Crippen molar-refractivity contribution in [2.75, 3.05) is 11.9 Å². The number of hydrogen-bond donors (Lipinski definition) is 1. The van der Waals surface area contributed by atoms with Gasteiger partial charge in [-0.25, -0.2) is 9.37 Å². The summed E-state index contributed by atoms with van der Waals surface area (Å²) in [4.78, 5) is 29.9. The van der Waals surface area contributed by atoms with E-state index in [-0.39, 0.29) is 12.2 Å². The fraction of sp³-hybridized carbons (Fsp3) is 0.120. The number of carbonyl (C=O) groups is 1. The molecule has 0 aliphatic rings. The Morgan fingerprint density at radius 2 is 2.06 bits per heavy atom. The molecule has 10 heteroatoms. The lowest BCUT2D eigenvalue weighted by Crippen LogP contribution is -2.22. The number of carbonyl (C=O) groups excluding carboxylic acids is 1. The zero-order valence-corrected chi connectivity index (χ0v) is 20.8. The van der Waals surface area contributed by atoms with Crippen molar-refractivity contribution in [1.29, 1.82) is 0 Å². The Bertz CT molecular complexity index is 1510. The van der Waals surface area contributed by atoms with E-state index in [1.165, 1.54) is 29.1 Å². The van der Waals surface area contributed by atoms with Crippen LogP contribution in [0.4, 0.5) is 10.1 Å². The molecule has 0 aliphatic carbocycles. The number of benzene rings is 3. The van der Waals surface area contributed by atoms with E-state index in [1.807, 2.05) is 13.0 Å². The van der Waals surface area contributed by atoms with Crippen molar-refractivity contribution >= 4 is 56.2 Å². The molecule has 178 valence electrons. The second kappa shape index (κ2) is 10.8. The van der Waals surface area contributed by atoms with Crippen LogP contribution in [0.1, 0.15) is 18.3 Å². The third kappa shape index (κ3) is 5.93. The largest absolute Gasteiger partial charge is 0.483 e. The Morgan fingerprint density at radius 1 is 1.23 bits per heavy atom. The summed E-state index contributed by atoms with van der Waals surface area (Å²) in [6, 6.07) is 15.6. The minimum Gasteiger partial charge on any atom is -0.483 e. The molecule has 7 nitrogen and oxygen atoms in total. The smallest absolute Gasteiger partial charge is 0.282 e. The van der Waals surface area contributed by atoms with Crippen molar-refractivity contribution in [3.63, 3.8) is 0 Å². The number of rotatable bonds is 7. The second-order valence-corrected chi connectivity index (χ2v) is 8.79. The maximum atomic E-state index is 13.3. The monoisotopic (exact) mass is 556 g/mol. The van der Waals surface area contributed by atoms with E-state index >= 15 is 0 Å². The van der Waals surface area contributed by atoms with Crippen LogP contribution in [0.5, 0.6) is 5.75 Å². The Labute approximate surface area is 213 Å². The molecule has 0 spiro atoms. The summed E-state index contributed by atoms with van der Waals surface area (Å²) in [7, 11) is 0. The summed E-state index contributed by atoms with van der Waals surface area (Å²) in [5, 5.41) is 7.76. The Morgan fingerprint density at radius 3 is 2.83 bits per heavy atom. The Kier molecular flexibility index (Phi) is 7.57. The molecule has 0 unspecified atom stereocenters. The highest BCUT2D eigenvalue weighted by Gasteiger charge is 2.11. The van der Waals surface area contributed by atoms with Gasteiger partial charge in [0.25, 0.3) is 11.5 Å². The Hall–Kier alpha value is -3.56. The maximum Gasteiger partial charge on any atom is 0.282 e. The number of fused-ring (bicyclic) bond motifs is 1. The van der Waals surface area contributed by atoms with Crippen LogP contribution in [0, 0.1) is 5.82 Å². The quantitative estimate of drug-likeness (QED) is 0.308. The van der Waals surface area contributed by atoms with E-state index in [9.17, 15) is 14.0 Å². The van der Waals surface area contributed by atoms with Crippen molar-refractivity contribution in [2.45, 2.75) is 13.3 Å². The van der Waals surface area contributed by atoms with E-state index < -0.39 is 11.7 Å². The van der Waals surface area contributed by atoms with Crippen molar-refractivity contribution in [3.05, 3.63) is 97.7 Å². The molecule has 1 heterocycles. The normalized spacial score (nSPS) is 11.2. The molecule has 0 fully saturated rings. The van der Waals surface area contributed by atoms with Gasteiger partial charge in [-0.3, -0.25) is 9.59 Å². The predicted molar refractivity (Wildman–Crippen MR) is 138 cm³/mol. The molecule has 0 radical (unpaired) electrons. The summed E-state index contributed by atoms with van der Waals surface area (Å²) >= 11 is 9.53. The fourth-order valence-electron chi connectivity index (χ4n) is 3.32. The highest BCUT2D eigenvalue weighted by molar-refractivity contribution is 9.10. The number of aryl methyl sites for hydroxylation is 1. The third-order valence-corrected chi connectivity index (χ3v) is 5.67. The predicted octanol–water partition coefficient (Wildman–Crippen LogP) is 5.41. The number of ether oxygens (including phenoxy) is 1. The van der Waals surface area contributed by atoms with Gasteiger partial charge in [-0.05, 0) is 54.6 Å². The van der Waals surface area contributed by atoms with E-state index in [0.717, 1.165) is 4.47 Å². The molecule has 0 saturated carbocycles. The van der Waals surface area contributed by atoms with E-state index in [4.69, 9.17) is 16.3 Å². The van der Waals surface area contributed by atoms with Crippen LogP contribution in [0.2, 0.25) is 5.02 Å². The van der Waals surface area contributed by atoms with E-state index in [1.54, 1.807) is 36.4 Å². The molecule has 4 rings (SSSR count). The molecule has 0 saturated heterocycles. The molecule has 1 N–H and O–H groups in total. The molecule has 1 aromatic heterocycles. The number of aromatic nitrogens is 2.